The predicted octanol–water partition coefficient (Wildman–Crippen LogP) is 3.11. The summed E-state index contributed by atoms with van der Waals surface area (Å²) in [4.78, 5) is 0. The second-order valence-electron chi connectivity index (χ2n) is 7.20. The zero-order chi connectivity index (χ0) is 12.2. The van der Waals surface area contributed by atoms with E-state index in [1.54, 1.807) is 0 Å². The van der Waals surface area contributed by atoms with Crippen molar-refractivity contribution in [3.8, 4) is 0 Å². The minimum Gasteiger partial charge on any atom is -0.237 e. The van der Waals surface area contributed by atoms with Gasteiger partial charge in [0.05, 0.1) is 6.54 Å². The van der Waals surface area contributed by atoms with Crippen molar-refractivity contribution in [2.24, 2.45) is 17.8 Å². The van der Waals surface area contributed by atoms with Crippen molar-refractivity contribution in [3.05, 3.63) is 18.7 Å². The molecule has 0 saturated heterocycles. The van der Waals surface area contributed by atoms with Gasteiger partial charge in [-0.3, -0.25) is 0 Å². The second kappa shape index (κ2) is 3.85. The van der Waals surface area contributed by atoms with E-state index in [2.05, 4.69) is 34.8 Å². The lowest BCUT2D eigenvalue weighted by Crippen LogP contribution is -2.64. The van der Waals surface area contributed by atoms with Crippen molar-refractivity contribution in [1.82, 2.24) is 4.57 Å². The van der Waals surface area contributed by atoms with Gasteiger partial charge >= 0.3 is 0 Å². The van der Waals surface area contributed by atoms with Crippen LogP contribution in [0.3, 0.4) is 0 Å². The van der Waals surface area contributed by atoms with E-state index < -0.39 is 0 Å². The molecular weight excluding hydrogens is 220 g/mol. The molecule has 0 spiro atoms. The molecule has 5 rings (SSSR count). The standard InChI is InChI=1S/C16H25N2/c1-2-3-17-4-5-18(12-17)16-9-13-6-14(10-16)8-15(7-13)11-16/h4-5,12-15H,2-3,6-11H2,1H3/q+1. The number of imidazole rings is 1. The lowest BCUT2D eigenvalue weighted by molar-refractivity contribution is -0.776. The molecule has 2 heteroatoms. The van der Waals surface area contributed by atoms with Crippen molar-refractivity contribution in [2.75, 3.05) is 0 Å². The maximum atomic E-state index is 2.59. The third-order valence-electron chi connectivity index (χ3n) is 5.73. The van der Waals surface area contributed by atoms with E-state index >= 15 is 0 Å². The Balaban J connectivity index is 1.66. The Morgan fingerprint density at radius 3 is 2.28 bits per heavy atom. The average Bonchev–Trinajstić information content (AvgIpc) is 2.77. The van der Waals surface area contributed by atoms with Gasteiger partial charge < -0.3 is 0 Å². The van der Waals surface area contributed by atoms with Crippen molar-refractivity contribution in [2.45, 2.75) is 64.0 Å². The van der Waals surface area contributed by atoms with Crippen LogP contribution in [0, 0.1) is 17.8 Å². The molecule has 98 valence electrons. The van der Waals surface area contributed by atoms with Gasteiger partial charge in [-0.1, -0.05) is 6.92 Å². The van der Waals surface area contributed by atoms with E-state index in [0.717, 1.165) is 17.8 Å². The summed E-state index contributed by atoms with van der Waals surface area (Å²) in [5.41, 5.74) is 0.508. The molecule has 0 amide bonds. The molecule has 0 aliphatic heterocycles. The first kappa shape index (κ1) is 11.1. The number of nitrogens with zero attached hydrogens (tertiary/aromatic N) is 2. The average molecular weight is 245 g/mol. The summed E-state index contributed by atoms with van der Waals surface area (Å²) in [7, 11) is 0. The van der Waals surface area contributed by atoms with E-state index in [0.29, 0.717) is 5.54 Å². The first-order valence-electron chi connectivity index (χ1n) is 7.85. The smallest absolute Gasteiger partial charge is 0.237 e. The topological polar surface area (TPSA) is 8.81 Å². The maximum Gasteiger partial charge on any atom is 0.244 e. The molecule has 18 heavy (non-hydrogen) atoms. The van der Waals surface area contributed by atoms with Crippen LogP contribution in [-0.2, 0) is 12.1 Å². The fourth-order valence-electron chi connectivity index (χ4n) is 5.45. The van der Waals surface area contributed by atoms with Crippen LogP contribution in [0.5, 0.6) is 0 Å². The molecule has 0 unspecified atom stereocenters. The van der Waals surface area contributed by atoms with Crippen molar-refractivity contribution < 1.29 is 4.57 Å². The summed E-state index contributed by atoms with van der Waals surface area (Å²) in [6, 6.07) is 0. The Morgan fingerprint density at radius 2 is 1.72 bits per heavy atom. The Hall–Kier alpha value is -0.790. The van der Waals surface area contributed by atoms with Gasteiger partial charge in [0, 0.05) is 0 Å². The van der Waals surface area contributed by atoms with Crippen molar-refractivity contribution >= 4 is 0 Å². The number of hydrogen-bond acceptors (Lipinski definition) is 0. The Morgan fingerprint density at radius 1 is 1.11 bits per heavy atom. The zero-order valence-electron chi connectivity index (χ0n) is 11.5. The first-order chi connectivity index (χ1) is 8.77. The molecule has 4 saturated carbocycles. The molecular formula is C16H25N2+. The van der Waals surface area contributed by atoms with Gasteiger partial charge in [0.15, 0.2) is 0 Å². The SMILES string of the molecule is CCCn1cc[n+](C23CC4CC(CC(C4)C2)C3)c1. The summed E-state index contributed by atoms with van der Waals surface area (Å²) in [5, 5.41) is 0. The van der Waals surface area contributed by atoms with E-state index in [4.69, 9.17) is 0 Å². The molecule has 0 radical (unpaired) electrons. The van der Waals surface area contributed by atoms with Crippen molar-refractivity contribution in [1.29, 1.82) is 0 Å². The molecule has 4 fully saturated rings. The van der Waals surface area contributed by atoms with Crippen molar-refractivity contribution in [3.63, 3.8) is 0 Å². The van der Waals surface area contributed by atoms with Gasteiger partial charge in [-0.25, -0.2) is 9.13 Å². The molecule has 0 N–H and O–H groups in total. The van der Waals surface area contributed by atoms with Crippen LogP contribution in [0.15, 0.2) is 18.7 Å². The quantitative estimate of drug-likeness (QED) is 0.724. The maximum absolute atomic E-state index is 2.59. The predicted molar refractivity (Wildman–Crippen MR) is 71.1 cm³/mol. The molecule has 1 aromatic heterocycles. The largest absolute Gasteiger partial charge is 0.244 e. The Labute approximate surface area is 110 Å². The van der Waals surface area contributed by atoms with Crippen LogP contribution in [0.2, 0.25) is 0 Å². The van der Waals surface area contributed by atoms with E-state index in [1.807, 2.05) is 0 Å². The van der Waals surface area contributed by atoms with E-state index in [-0.39, 0.29) is 0 Å². The normalized spacial score (nSPS) is 41.5. The van der Waals surface area contributed by atoms with Crippen LogP contribution >= 0.6 is 0 Å². The van der Waals surface area contributed by atoms with Gasteiger partial charge in [-0.2, -0.15) is 0 Å². The molecule has 1 aromatic rings. The second-order valence-corrected chi connectivity index (χ2v) is 7.20. The summed E-state index contributed by atoms with van der Waals surface area (Å²) < 4.78 is 4.96. The van der Waals surface area contributed by atoms with E-state index in [1.165, 1.54) is 51.5 Å². The molecule has 0 aromatic carbocycles. The monoisotopic (exact) mass is 245 g/mol. The highest BCUT2D eigenvalue weighted by Gasteiger charge is 2.54. The highest BCUT2D eigenvalue weighted by atomic mass is 15.2. The third kappa shape index (κ3) is 1.57. The lowest BCUT2D eigenvalue weighted by Gasteiger charge is -2.54. The minimum atomic E-state index is 0.508. The first-order valence-corrected chi connectivity index (χ1v) is 7.85. The molecule has 4 bridgehead atoms. The molecule has 4 aliphatic carbocycles. The van der Waals surface area contributed by atoms with Gasteiger partial charge in [-0.15, -0.1) is 0 Å². The highest BCUT2D eigenvalue weighted by Crippen LogP contribution is 2.56. The number of aryl methyl sites for hydroxylation is 1. The van der Waals surface area contributed by atoms with Crippen LogP contribution in [-0.4, -0.2) is 4.57 Å². The van der Waals surface area contributed by atoms with Crippen LogP contribution in [0.1, 0.15) is 51.9 Å². The summed E-state index contributed by atoms with van der Waals surface area (Å²) in [6.07, 6.45) is 17.2. The molecule has 1 heterocycles. The number of rotatable bonds is 3. The zero-order valence-corrected chi connectivity index (χ0v) is 11.5. The molecule has 0 atom stereocenters. The Bertz CT molecular complexity index is 410. The minimum absolute atomic E-state index is 0.508. The fraction of sp³-hybridized carbons (Fsp3) is 0.812. The van der Waals surface area contributed by atoms with Gasteiger partial charge in [0.25, 0.3) is 0 Å². The summed E-state index contributed by atoms with van der Waals surface area (Å²) in [5.74, 6) is 3.12. The van der Waals surface area contributed by atoms with Gasteiger partial charge in [0.1, 0.15) is 17.9 Å². The highest BCUT2D eigenvalue weighted by molar-refractivity contribution is 4.99. The van der Waals surface area contributed by atoms with Gasteiger partial charge in [0.2, 0.25) is 6.33 Å². The summed E-state index contributed by atoms with van der Waals surface area (Å²) in [6.45, 7) is 3.43. The van der Waals surface area contributed by atoms with E-state index in [9.17, 15) is 0 Å². The van der Waals surface area contributed by atoms with Crippen LogP contribution in [0.25, 0.3) is 0 Å². The Kier molecular flexibility index (Phi) is 2.37. The molecule has 4 aliphatic rings. The summed E-state index contributed by atoms with van der Waals surface area (Å²) >= 11 is 0. The fourth-order valence-corrected chi connectivity index (χ4v) is 5.45. The van der Waals surface area contributed by atoms with Gasteiger partial charge in [-0.05, 0) is 62.7 Å². The molecule has 2 nitrogen and oxygen atoms in total. The van der Waals surface area contributed by atoms with Crippen LogP contribution < -0.4 is 4.57 Å². The van der Waals surface area contributed by atoms with Crippen LogP contribution in [0.4, 0.5) is 0 Å². The third-order valence-corrected chi connectivity index (χ3v) is 5.73. The number of aromatic nitrogens is 2. The number of hydrogen-bond donors (Lipinski definition) is 0. The lowest BCUT2D eigenvalue weighted by atomic mass is 9.53.